The molecule has 0 aromatic heterocycles. The lowest BCUT2D eigenvalue weighted by Gasteiger charge is -2.15. The topological polar surface area (TPSA) is 52.3 Å². The molecule has 1 aromatic rings. The monoisotopic (exact) mass is 235 g/mol. The van der Waals surface area contributed by atoms with Crippen LogP contribution in [0, 0.1) is 0 Å². The van der Waals surface area contributed by atoms with Gasteiger partial charge in [-0.05, 0) is 32.4 Å². The second kappa shape index (κ2) is 6.40. The van der Waals surface area contributed by atoms with Gasteiger partial charge in [-0.25, -0.2) is 0 Å². The molecule has 0 amide bonds. The molecule has 1 rings (SSSR count). The second-order valence-electron chi connectivity index (χ2n) is 4.42. The van der Waals surface area contributed by atoms with Crippen LogP contribution in [0.15, 0.2) is 24.3 Å². The number of rotatable bonds is 6. The van der Waals surface area contributed by atoms with Gasteiger partial charge in [0.05, 0.1) is 17.7 Å². The minimum absolute atomic E-state index is 0.0388. The predicted octanol–water partition coefficient (Wildman–Crippen LogP) is 2.78. The predicted molar refractivity (Wildman–Crippen MR) is 69.4 cm³/mol. The summed E-state index contributed by atoms with van der Waals surface area (Å²) in [5.41, 5.74) is 6.44. The van der Waals surface area contributed by atoms with Gasteiger partial charge >= 0.3 is 0 Å². The maximum atomic E-state index is 12.1. The molecular weight excluding hydrogens is 214 g/mol. The van der Waals surface area contributed by atoms with Crippen molar-refractivity contribution >= 4 is 5.78 Å². The van der Waals surface area contributed by atoms with E-state index in [9.17, 15) is 4.79 Å². The number of carbonyl (C=O) groups is 1. The van der Waals surface area contributed by atoms with Gasteiger partial charge < -0.3 is 10.5 Å². The van der Waals surface area contributed by atoms with E-state index in [-0.39, 0.29) is 11.9 Å². The third kappa shape index (κ3) is 3.86. The van der Waals surface area contributed by atoms with Gasteiger partial charge in [0, 0.05) is 0 Å². The highest BCUT2D eigenvalue weighted by molar-refractivity contribution is 6.02. The highest BCUT2D eigenvalue weighted by atomic mass is 16.5. The molecule has 0 bridgehead atoms. The zero-order chi connectivity index (χ0) is 12.8. The zero-order valence-corrected chi connectivity index (χ0v) is 10.8. The summed E-state index contributed by atoms with van der Waals surface area (Å²) in [4.78, 5) is 12.1. The Balaban J connectivity index is 2.92. The lowest BCUT2D eigenvalue weighted by atomic mass is 10.0. The van der Waals surface area contributed by atoms with Crippen molar-refractivity contribution in [1.82, 2.24) is 0 Å². The highest BCUT2D eigenvalue weighted by Crippen LogP contribution is 2.21. The van der Waals surface area contributed by atoms with Gasteiger partial charge in [-0.15, -0.1) is 0 Å². The van der Waals surface area contributed by atoms with Gasteiger partial charge in [0.25, 0.3) is 0 Å². The largest absolute Gasteiger partial charge is 0.490 e. The van der Waals surface area contributed by atoms with Crippen LogP contribution in [-0.2, 0) is 0 Å². The van der Waals surface area contributed by atoms with Gasteiger partial charge in [-0.3, -0.25) is 4.79 Å². The first-order valence-corrected chi connectivity index (χ1v) is 6.11. The summed E-state index contributed by atoms with van der Waals surface area (Å²) in [6.07, 6.45) is 1.65. The quantitative estimate of drug-likeness (QED) is 0.771. The van der Waals surface area contributed by atoms with E-state index in [1.165, 1.54) is 0 Å². The Morgan fingerprint density at radius 3 is 2.59 bits per heavy atom. The fourth-order valence-electron chi connectivity index (χ4n) is 1.67. The van der Waals surface area contributed by atoms with Crippen molar-refractivity contribution in [2.75, 3.05) is 0 Å². The third-order valence-electron chi connectivity index (χ3n) is 2.45. The first kappa shape index (κ1) is 13.7. The smallest absolute Gasteiger partial charge is 0.183 e. The van der Waals surface area contributed by atoms with Gasteiger partial charge in [-0.1, -0.05) is 25.5 Å². The van der Waals surface area contributed by atoms with Crippen LogP contribution in [0.1, 0.15) is 44.0 Å². The van der Waals surface area contributed by atoms with E-state index in [2.05, 4.69) is 0 Å². The Hall–Kier alpha value is -1.35. The summed E-state index contributed by atoms with van der Waals surface area (Å²) in [6.45, 7) is 5.89. The van der Waals surface area contributed by atoms with Crippen LogP contribution in [0.4, 0.5) is 0 Å². The summed E-state index contributed by atoms with van der Waals surface area (Å²) >= 11 is 0. The van der Waals surface area contributed by atoms with E-state index in [0.29, 0.717) is 17.7 Å². The Bertz CT molecular complexity index is 374. The molecule has 1 aromatic carbocycles. The van der Waals surface area contributed by atoms with Crippen molar-refractivity contribution in [3.63, 3.8) is 0 Å². The summed E-state index contributed by atoms with van der Waals surface area (Å²) in [5, 5.41) is 0. The molecule has 2 N–H and O–H groups in total. The number of para-hydroxylation sites is 1. The number of ketones is 1. The van der Waals surface area contributed by atoms with E-state index < -0.39 is 6.04 Å². The molecule has 0 heterocycles. The van der Waals surface area contributed by atoms with Crippen LogP contribution in [0.5, 0.6) is 5.75 Å². The van der Waals surface area contributed by atoms with E-state index in [1.807, 2.05) is 39.0 Å². The van der Waals surface area contributed by atoms with E-state index in [0.717, 1.165) is 6.42 Å². The lowest BCUT2D eigenvalue weighted by molar-refractivity contribution is 0.0951. The van der Waals surface area contributed by atoms with Crippen LogP contribution >= 0.6 is 0 Å². The van der Waals surface area contributed by atoms with Crippen molar-refractivity contribution in [1.29, 1.82) is 0 Å². The number of hydrogen-bond acceptors (Lipinski definition) is 3. The van der Waals surface area contributed by atoms with Gasteiger partial charge in [0.15, 0.2) is 5.78 Å². The average molecular weight is 235 g/mol. The molecule has 0 spiro atoms. The first-order valence-electron chi connectivity index (χ1n) is 6.11. The SMILES string of the molecule is CCCC(N)C(=O)c1ccccc1OC(C)C. The van der Waals surface area contributed by atoms with Crippen LogP contribution in [0.25, 0.3) is 0 Å². The lowest BCUT2D eigenvalue weighted by Crippen LogP contribution is -2.30. The molecule has 0 saturated carbocycles. The number of hydrogen-bond donors (Lipinski definition) is 1. The van der Waals surface area contributed by atoms with E-state index in [1.54, 1.807) is 6.07 Å². The summed E-state index contributed by atoms with van der Waals surface area (Å²) in [6, 6.07) is 6.84. The molecule has 0 aliphatic rings. The standard InChI is InChI=1S/C14H21NO2/c1-4-7-12(15)14(16)11-8-5-6-9-13(11)17-10(2)3/h5-6,8-10,12H,4,7,15H2,1-3H3. The number of carbonyl (C=O) groups excluding carboxylic acids is 1. The van der Waals surface area contributed by atoms with Crippen molar-refractivity contribution in [2.24, 2.45) is 5.73 Å². The summed E-state index contributed by atoms with van der Waals surface area (Å²) in [7, 11) is 0. The third-order valence-corrected chi connectivity index (χ3v) is 2.45. The number of Topliss-reactive ketones (excluding diaryl/α,β-unsaturated/α-hetero) is 1. The molecule has 3 heteroatoms. The maximum Gasteiger partial charge on any atom is 0.183 e. The van der Waals surface area contributed by atoms with Crippen molar-refractivity contribution in [2.45, 2.75) is 45.8 Å². The Morgan fingerprint density at radius 2 is 2.00 bits per heavy atom. The molecule has 0 radical (unpaired) electrons. The summed E-state index contributed by atoms with van der Waals surface area (Å²) in [5.74, 6) is 0.585. The average Bonchev–Trinajstić information content (AvgIpc) is 2.28. The molecular formula is C14H21NO2. The van der Waals surface area contributed by atoms with Crippen molar-refractivity contribution in [3.05, 3.63) is 29.8 Å². The maximum absolute atomic E-state index is 12.1. The second-order valence-corrected chi connectivity index (χ2v) is 4.42. The fourth-order valence-corrected chi connectivity index (χ4v) is 1.67. The van der Waals surface area contributed by atoms with E-state index >= 15 is 0 Å². The van der Waals surface area contributed by atoms with Crippen LogP contribution in [0.3, 0.4) is 0 Å². The normalized spacial score (nSPS) is 12.5. The Kier molecular flexibility index (Phi) is 5.16. The Labute approximate surface area is 103 Å². The first-order chi connectivity index (χ1) is 8.06. The van der Waals surface area contributed by atoms with E-state index in [4.69, 9.17) is 10.5 Å². The molecule has 1 atom stereocenters. The minimum Gasteiger partial charge on any atom is -0.490 e. The molecule has 3 nitrogen and oxygen atoms in total. The minimum atomic E-state index is -0.433. The van der Waals surface area contributed by atoms with Gasteiger partial charge in [0.1, 0.15) is 5.75 Å². The highest BCUT2D eigenvalue weighted by Gasteiger charge is 2.18. The van der Waals surface area contributed by atoms with Gasteiger partial charge in [0.2, 0.25) is 0 Å². The van der Waals surface area contributed by atoms with Crippen molar-refractivity contribution < 1.29 is 9.53 Å². The molecule has 94 valence electrons. The van der Waals surface area contributed by atoms with Crippen molar-refractivity contribution in [3.8, 4) is 5.75 Å². The van der Waals surface area contributed by atoms with Gasteiger partial charge in [-0.2, -0.15) is 0 Å². The van der Waals surface area contributed by atoms with Crippen LogP contribution in [0.2, 0.25) is 0 Å². The number of nitrogens with two attached hydrogens (primary N) is 1. The summed E-state index contributed by atoms with van der Waals surface area (Å²) < 4.78 is 5.62. The zero-order valence-electron chi connectivity index (χ0n) is 10.8. The molecule has 0 aliphatic carbocycles. The molecule has 0 aliphatic heterocycles. The Morgan fingerprint density at radius 1 is 1.35 bits per heavy atom. The van der Waals surface area contributed by atoms with Crippen LogP contribution in [-0.4, -0.2) is 17.9 Å². The molecule has 1 unspecified atom stereocenters. The fraction of sp³-hybridized carbons (Fsp3) is 0.500. The van der Waals surface area contributed by atoms with Crippen LogP contribution < -0.4 is 10.5 Å². The molecule has 0 fully saturated rings. The molecule has 0 saturated heterocycles. The number of ether oxygens (including phenoxy) is 1. The number of benzene rings is 1. The molecule has 17 heavy (non-hydrogen) atoms.